The summed E-state index contributed by atoms with van der Waals surface area (Å²) in [5.41, 5.74) is 3.09. The summed E-state index contributed by atoms with van der Waals surface area (Å²) in [5.74, 6) is -0.594. The van der Waals surface area contributed by atoms with Gasteiger partial charge in [0, 0.05) is 12.1 Å². The Morgan fingerprint density at radius 3 is 2.15 bits per heavy atom. The van der Waals surface area contributed by atoms with Crippen LogP contribution >= 0.6 is 0 Å². The van der Waals surface area contributed by atoms with Crippen molar-refractivity contribution in [1.82, 2.24) is 4.90 Å². The predicted octanol–water partition coefficient (Wildman–Crippen LogP) is 4.13. The van der Waals surface area contributed by atoms with Crippen LogP contribution in [0, 0.1) is 0 Å². The first-order valence-corrected chi connectivity index (χ1v) is 9.38. The van der Waals surface area contributed by atoms with E-state index in [-0.39, 0.29) is 18.0 Å². The normalized spacial score (nSPS) is 14.1. The Bertz CT molecular complexity index is 836. The van der Waals surface area contributed by atoms with E-state index < -0.39 is 12.1 Å². The molecule has 2 aromatic rings. The van der Waals surface area contributed by atoms with Crippen molar-refractivity contribution in [3.05, 3.63) is 47.0 Å². The second-order valence-electron chi connectivity index (χ2n) is 7.59. The van der Waals surface area contributed by atoms with Gasteiger partial charge in [-0.1, -0.05) is 24.3 Å². The van der Waals surface area contributed by atoms with Gasteiger partial charge in [0.1, 0.15) is 0 Å². The highest BCUT2D eigenvalue weighted by molar-refractivity contribution is 6.07. The summed E-state index contributed by atoms with van der Waals surface area (Å²) in [6, 6.07) is 10.0. The van der Waals surface area contributed by atoms with Crippen molar-refractivity contribution in [3.63, 3.8) is 0 Å². The Hall–Kier alpha value is -2.36. The summed E-state index contributed by atoms with van der Waals surface area (Å²) < 4.78 is 5.56. The molecule has 3 rings (SSSR count). The van der Waals surface area contributed by atoms with Crippen LogP contribution in [0.15, 0.2) is 30.3 Å². The van der Waals surface area contributed by atoms with E-state index in [1.807, 2.05) is 52.0 Å². The molecule has 138 valence electrons. The molecule has 0 fully saturated rings. The molecule has 0 aromatic heterocycles. The van der Waals surface area contributed by atoms with Crippen molar-refractivity contribution in [2.75, 3.05) is 0 Å². The molecule has 0 spiro atoms. The van der Waals surface area contributed by atoms with Gasteiger partial charge < -0.3 is 9.64 Å². The van der Waals surface area contributed by atoms with E-state index in [2.05, 4.69) is 6.07 Å². The van der Waals surface area contributed by atoms with Crippen LogP contribution in [0.3, 0.4) is 0 Å². The van der Waals surface area contributed by atoms with E-state index in [1.165, 1.54) is 16.5 Å². The van der Waals surface area contributed by atoms with Gasteiger partial charge in [0.25, 0.3) is 5.91 Å². The molecule has 0 unspecified atom stereocenters. The number of hydrogen-bond acceptors (Lipinski definition) is 3. The number of hydrogen-bond donors (Lipinski definition) is 0. The van der Waals surface area contributed by atoms with E-state index in [1.54, 1.807) is 11.8 Å². The Kier molecular flexibility index (Phi) is 5.03. The van der Waals surface area contributed by atoms with Gasteiger partial charge in [-0.3, -0.25) is 4.79 Å². The monoisotopic (exact) mass is 353 g/mol. The number of carbonyl (C=O) groups is 2. The number of aryl methyl sites for hydroxylation is 2. The summed E-state index contributed by atoms with van der Waals surface area (Å²) in [6.07, 6.45) is 1.21. The smallest absolute Gasteiger partial charge is 0.339 e. The Morgan fingerprint density at radius 1 is 0.923 bits per heavy atom. The third kappa shape index (κ3) is 3.20. The van der Waals surface area contributed by atoms with Gasteiger partial charge in [0.2, 0.25) is 0 Å². The number of benzene rings is 2. The molecule has 2 aromatic carbocycles. The molecule has 0 heterocycles. The third-order valence-electron chi connectivity index (χ3n) is 5.10. The van der Waals surface area contributed by atoms with Crippen molar-refractivity contribution in [1.29, 1.82) is 0 Å². The largest absolute Gasteiger partial charge is 0.449 e. The molecule has 1 aliphatic rings. The van der Waals surface area contributed by atoms with Crippen LogP contribution in [0.5, 0.6) is 0 Å². The van der Waals surface area contributed by atoms with Crippen LogP contribution in [0.25, 0.3) is 10.8 Å². The Labute approximate surface area is 155 Å². The molecule has 0 N–H and O–H groups in total. The van der Waals surface area contributed by atoms with Crippen LogP contribution in [0.1, 0.15) is 56.1 Å². The first-order valence-electron chi connectivity index (χ1n) is 9.38. The highest BCUT2D eigenvalue weighted by Gasteiger charge is 2.29. The molecule has 4 nitrogen and oxygen atoms in total. The highest BCUT2D eigenvalue weighted by atomic mass is 16.5. The molecule has 0 bridgehead atoms. The van der Waals surface area contributed by atoms with Crippen molar-refractivity contribution in [2.45, 2.75) is 65.6 Å². The molecule has 26 heavy (non-hydrogen) atoms. The molecule has 1 amide bonds. The van der Waals surface area contributed by atoms with Crippen LogP contribution < -0.4 is 0 Å². The molecule has 0 saturated heterocycles. The van der Waals surface area contributed by atoms with Gasteiger partial charge >= 0.3 is 5.97 Å². The minimum absolute atomic E-state index is 0.0560. The standard InChI is InChI=1S/C22H27NO3/c1-13(2)23(14(3)4)21(24)15(5)26-22(25)19-12-11-17-10-9-16-7-6-8-18(19)20(16)17/h6-8,11-15H,9-10H2,1-5H3/t15-/m1/s1. The average Bonchev–Trinajstić information content (AvgIpc) is 2.99. The summed E-state index contributed by atoms with van der Waals surface area (Å²) >= 11 is 0. The maximum Gasteiger partial charge on any atom is 0.339 e. The number of amides is 1. The van der Waals surface area contributed by atoms with Crippen molar-refractivity contribution in [3.8, 4) is 0 Å². The molecule has 4 heteroatoms. The highest BCUT2D eigenvalue weighted by Crippen LogP contribution is 2.33. The van der Waals surface area contributed by atoms with Gasteiger partial charge in [-0.05, 0) is 75.4 Å². The summed E-state index contributed by atoms with van der Waals surface area (Å²) in [7, 11) is 0. The number of ether oxygens (including phenoxy) is 1. The van der Waals surface area contributed by atoms with E-state index in [0.29, 0.717) is 5.56 Å². The summed E-state index contributed by atoms with van der Waals surface area (Å²) in [5, 5.41) is 2.10. The Morgan fingerprint density at radius 2 is 1.54 bits per heavy atom. The molecule has 1 aliphatic carbocycles. The van der Waals surface area contributed by atoms with Crippen LogP contribution in [-0.2, 0) is 22.4 Å². The average molecular weight is 353 g/mol. The lowest BCUT2D eigenvalue weighted by molar-refractivity contribution is -0.143. The van der Waals surface area contributed by atoms with Crippen LogP contribution in [0.2, 0.25) is 0 Å². The summed E-state index contributed by atoms with van der Waals surface area (Å²) in [4.78, 5) is 27.3. The summed E-state index contributed by atoms with van der Waals surface area (Å²) in [6.45, 7) is 9.52. The minimum atomic E-state index is -0.810. The zero-order valence-electron chi connectivity index (χ0n) is 16.2. The third-order valence-corrected chi connectivity index (χ3v) is 5.10. The predicted molar refractivity (Wildman–Crippen MR) is 103 cm³/mol. The topological polar surface area (TPSA) is 46.6 Å². The fourth-order valence-electron chi connectivity index (χ4n) is 4.01. The van der Waals surface area contributed by atoms with E-state index in [9.17, 15) is 9.59 Å². The second-order valence-corrected chi connectivity index (χ2v) is 7.59. The number of nitrogens with zero attached hydrogens (tertiary/aromatic N) is 1. The molecule has 1 atom stereocenters. The van der Waals surface area contributed by atoms with E-state index >= 15 is 0 Å². The fourth-order valence-corrected chi connectivity index (χ4v) is 4.01. The quantitative estimate of drug-likeness (QED) is 0.759. The second kappa shape index (κ2) is 7.10. The first-order chi connectivity index (χ1) is 12.3. The van der Waals surface area contributed by atoms with Gasteiger partial charge in [-0.15, -0.1) is 0 Å². The number of esters is 1. The maximum atomic E-state index is 12.8. The maximum absolute atomic E-state index is 12.8. The van der Waals surface area contributed by atoms with Gasteiger partial charge in [0.15, 0.2) is 6.10 Å². The van der Waals surface area contributed by atoms with Gasteiger partial charge in [-0.25, -0.2) is 4.79 Å². The molecule has 0 saturated carbocycles. The fraction of sp³-hybridized carbons (Fsp3) is 0.455. The zero-order valence-corrected chi connectivity index (χ0v) is 16.2. The number of carbonyl (C=O) groups excluding carboxylic acids is 2. The lowest BCUT2D eigenvalue weighted by Gasteiger charge is -2.32. The van der Waals surface area contributed by atoms with Gasteiger partial charge in [-0.2, -0.15) is 0 Å². The lowest BCUT2D eigenvalue weighted by atomic mass is 10.00. The molecule has 0 aliphatic heterocycles. The molecular formula is C22H27NO3. The van der Waals surface area contributed by atoms with Crippen molar-refractivity contribution >= 4 is 22.6 Å². The van der Waals surface area contributed by atoms with E-state index in [4.69, 9.17) is 4.74 Å². The molecule has 0 radical (unpaired) electrons. The van der Waals surface area contributed by atoms with Crippen LogP contribution in [-0.4, -0.2) is 35.0 Å². The van der Waals surface area contributed by atoms with Gasteiger partial charge in [0.05, 0.1) is 5.56 Å². The Balaban J connectivity index is 1.85. The van der Waals surface area contributed by atoms with Crippen molar-refractivity contribution in [2.24, 2.45) is 0 Å². The first kappa shape index (κ1) is 18.4. The van der Waals surface area contributed by atoms with E-state index in [0.717, 1.165) is 18.2 Å². The molecular weight excluding hydrogens is 326 g/mol. The SMILES string of the molecule is CC(C)N(C(=O)[C@@H](C)OC(=O)c1ccc2c3c(cccc13)CC2)C(C)C. The minimum Gasteiger partial charge on any atom is -0.449 e. The number of rotatable bonds is 5. The van der Waals surface area contributed by atoms with Crippen LogP contribution in [0.4, 0.5) is 0 Å². The van der Waals surface area contributed by atoms with Crippen molar-refractivity contribution < 1.29 is 14.3 Å². The zero-order chi connectivity index (χ0) is 19.0. The lowest BCUT2D eigenvalue weighted by Crippen LogP contribution is -2.47.